The van der Waals surface area contributed by atoms with E-state index in [-0.39, 0.29) is 5.41 Å². The second-order valence-electron chi connectivity index (χ2n) is 17.4. The minimum atomic E-state index is -0.546. The first-order valence-corrected chi connectivity index (χ1v) is 21.3. The highest BCUT2D eigenvalue weighted by Crippen LogP contribution is 2.47. The zero-order valence-electron chi connectivity index (χ0n) is 34.8. The summed E-state index contributed by atoms with van der Waals surface area (Å²) in [5.74, 6) is 0. The molecule has 0 saturated carbocycles. The topological polar surface area (TPSA) is 9.86 Å². The monoisotopic (exact) mass is 782 g/mol. The summed E-state index contributed by atoms with van der Waals surface area (Å²) in [6.45, 7) is 6.92. The number of hydrogen-bond acceptors (Lipinski definition) is 0. The van der Waals surface area contributed by atoms with Gasteiger partial charge in [0.05, 0.1) is 27.5 Å². The maximum absolute atomic E-state index is 2.48. The molecule has 0 aliphatic carbocycles. The van der Waals surface area contributed by atoms with Gasteiger partial charge in [0.1, 0.15) is 0 Å². The van der Waals surface area contributed by atoms with E-state index < -0.39 is 5.41 Å². The third kappa shape index (κ3) is 5.93. The number of nitrogens with zero attached hydrogens (tertiary/aromatic N) is 2. The fraction of sp³-hybridized carbons (Fsp3) is 0.0847. The van der Waals surface area contributed by atoms with Gasteiger partial charge in [0.15, 0.2) is 0 Å². The van der Waals surface area contributed by atoms with Crippen LogP contribution in [0.3, 0.4) is 0 Å². The van der Waals surface area contributed by atoms with E-state index in [9.17, 15) is 0 Å². The third-order valence-electron chi connectivity index (χ3n) is 12.8. The van der Waals surface area contributed by atoms with Crippen LogP contribution in [0.2, 0.25) is 0 Å². The molecule has 11 rings (SSSR count). The fourth-order valence-corrected chi connectivity index (χ4v) is 9.92. The Morgan fingerprint density at radius 3 is 1.10 bits per heavy atom. The number of fused-ring (bicyclic) bond motifs is 6. The molecule has 0 aliphatic rings. The molecule has 11 aromatic rings. The summed E-state index contributed by atoms with van der Waals surface area (Å²) in [7, 11) is 0. The highest BCUT2D eigenvalue weighted by atomic mass is 15.0. The van der Waals surface area contributed by atoms with Crippen LogP contribution in [0, 0.1) is 0 Å². The molecule has 0 aliphatic heterocycles. The number of hydrogen-bond donors (Lipinski definition) is 0. The first-order chi connectivity index (χ1) is 29.9. The van der Waals surface area contributed by atoms with Gasteiger partial charge in [-0.05, 0) is 105 Å². The summed E-state index contributed by atoms with van der Waals surface area (Å²) in [6.07, 6.45) is 0. The molecule has 0 saturated heterocycles. The summed E-state index contributed by atoms with van der Waals surface area (Å²) in [5, 5.41) is 5.03. The first kappa shape index (κ1) is 36.6. The minimum absolute atomic E-state index is 0.0105. The van der Waals surface area contributed by atoms with Crippen LogP contribution in [0.5, 0.6) is 0 Å². The van der Waals surface area contributed by atoms with Crippen molar-refractivity contribution >= 4 is 43.6 Å². The molecule has 0 amide bonds. The molecule has 2 heteroatoms. The van der Waals surface area contributed by atoms with Crippen molar-refractivity contribution in [1.29, 1.82) is 0 Å². The van der Waals surface area contributed by atoms with Crippen molar-refractivity contribution in [2.24, 2.45) is 0 Å². The predicted molar refractivity (Wildman–Crippen MR) is 258 cm³/mol. The predicted octanol–water partition coefficient (Wildman–Crippen LogP) is 15.2. The van der Waals surface area contributed by atoms with E-state index in [1.807, 2.05) is 0 Å². The second-order valence-corrected chi connectivity index (χ2v) is 17.4. The Kier molecular flexibility index (Phi) is 8.65. The largest absolute Gasteiger partial charge is 0.309 e. The average Bonchev–Trinajstić information content (AvgIpc) is 3.83. The van der Waals surface area contributed by atoms with Gasteiger partial charge < -0.3 is 9.13 Å². The van der Waals surface area contributed by atoms with Crippen molar-refractivity contribution in [1.82, 2.24) is 9.13 Å². The van der Waals surface area contributed by atoms with Crippen molar-refractivity contribution in [3.63, 3.8) is 0 Å². The smallest absolute Gasteiger partial charge is 0.0701 e. The molecule has 0 radical (unpaired) electrons. The van der Waals surface area contributed by atoms with Gasteiger partial charge in [-0.15, -0.1) is 0 Å². The number of para-hydroxylation sites is 2. The lowest BCUT2D eigenvalue weighted by molar-refractivity contribution is 0.591. The van der Waals surface area contributed by atoms with Crippen LogP contribution in [0.1, 0.15) is 48.6 Å². The summed E-state index contributed by atoms with van der Waals surface area (Å²) >= 11 is 0. The molecule has 2 aromatic heterocycles. The minimum Gasteiger partial charge on any atom is -0.309 e. The fourth-order valence-electron chi connectivity index (χ4n) is 9.92. The Morgan fingerprint density at radius 1 is 0.279 bits per heavy atom. The number of rotatable bonds is 7. The van der Waals surface area contributed by atoms with Gasteiger partial charge >= 0.3 is 0 Å². The van der Waals surface area contributed by atoms with E-state index in [1.54, 1.807) is 0 Å². The molecule has 292 valence electrons. The van der Waals surface area contributed by atoms with Crippen LogP contribution in [-0.2, 0) is 10.8 Å². The van der Waals surface area contributed by atoms with E-state index in [0.717, 1.165) is 11.4 Å². The molecule has 0 spiro atoms. The van der Waals surface area contributed by atoms with Gasteiger partial charge in [-0.1, -0.05) is 185 Å². The normalized spacial score (nSPS) is 12.2. The van der Waals surface area contributed by atoms with Crippen LogP contribution in [0.25, 0.3) is 66.1 Å². The van der Waals surface area contributed by atoms with Crippen LogP contribution >= 0.6 is 0 Å². The zero-order valence-corrected chi connectivity index (χ0v) is 34.8. The molecule has 0 fully saturated rings. The van der Waals surface area contributed by atoms with Gasteiger partial charge in [-0.3, -0.25) is 0 Å². The molecule has 0 bridgehead atoms. The van der Waals surface area contributed by atoms with Crippen molar-refractivity contribution in [3.05, 3.63) is 252 Å². The van der Waals surface area contributed by atoms with Crippen molar-refractivity contribution in [3.8, 4) is 22.5 Å². The van der Waals surface area contributed by atoms with Gasteiger partial charge in [0.2, 0.25) is 0 Å². The first-order valence-electron chi connectivity index (χ1n) is 21.3. The average molecular weight is 783 g/mol. The molecule has 61 heavy (non-hydrogen) atoms. The van der Waals surface area contributed by atoms with Gasteiger partial charge in [-0.25, -0.2) is 0 Å². The SMILES string of the molecule is CC(C)(C)c1ccc2c(c1)c1cc(C(c3ccccc3)(c3ccccc3)c3ccccc3)ccc1n2-c1cccc(-c2cccc(-n3c4ccccc4c4ccccc43)c2)c1. The Hall–Kier alpha value is -7.42. The van der Waals surface area contributed by atoms with Crippen LogP contribution in [0.15, 0.2) is 224 Å². The van der Waals surface area contributed by atoms with Crippen molar-refractivity contribution < 1.29 is 0 Å². The molecule has 0 N–H and O–H groups in total. The Labute approximate surface area is 357 Å². The summed E-state index contributed by atoms with van der Waals surface area (Å²) in [5.41, 5.74) is 15.2. The Bertz CT molecular complexity index is 3230. The lowest BCUT2D eigenvalue weighted by atomic mass is 9.65. The van der Waals surface area contributed by atoms with E-state index >= 15 is 0 Å². The number of benzene rings is 9. The molecule has 2 heterocycles. The van der Waals surface area contributed by atoms with Crippen LogP contribution in [-0.4, -0.2) is 9.13 Å². The van der Waals surface area contributed by atoms with E-state index in [2.05, 4.69) is 254 Å². The standard InChI is InChI=1S/C59H46N2/c1-58(2,3)46-33-35-56-52(39-46)53-40-47(59(43-21-7-4-8-22-43,44-23-9-5-10-24-44)45-25-11-6-12-26-45)34-36-57(53)61(56)49-28-18-20-42(38-49)41-19-17-27-48(37-41)60-54-31-15-13-29-50(54)51-30-14-16-32-55(51)60/h4-40H,1-3H3. The van der Waals surface area contributed by atoms with Crippen LogP contribution in [0.4, 0.5) is 0 Å². The molecule has 2 nitrogen and oxygen atoms in total. The Morgan fingerprint density at radius 2 is 0.656 bits per heavy atom. The maximum atomic E-state index is 2.48. The zero-order chi connectivity index (χ0) is 41.1. The van der Waals surface area contributed by atoms with Gasteiger partial charge in [0.25, 0.3) is 0 Å². The second kappa shape index (κ2) is 14.4. The summed E-state index contributed by atoms with van der Waals surface area (Å²) in [6, 6.07) is 82.9. The molecule has 0 atom stereocenters. The van der Waals surface area contributed by atoms with E-state index in [1.165, 1.54) is 82.6 Å². The molecular weight excluding hydrogens is 737 g/mol. The highest BCUT2D eigenvalue weighted by molar-refractivity contribution is 6.11. The third-order valence-corrected chi connectivity index (χ3v) is 12.8. The van der Waals surface area contributed by atoms with Crippen LogP contribution < -0.4 is 0 Å². The lowest BCUT2D eigenvalue weighted by Gasteiger charge is -2.37. The molecule has 0 unspecified atom stereocenters. The maximum Gasteiger partial charge on any atom is 0.0701 e. The van der Waals surface area contributed by atoms with Gasteiger partial charge in [0, 0.05) is 32.9 Å². The lowest BCUT2D eigenvalue weighted by Crippen LogP contribution is -2.30. The summed E-state index contributed by atoms with van der Waals surface area (Å²) in [4.78, 5) is 0. The quantitative estimate of drug-likeness (QED) is 0.143. The molecular formula is C59H46N2. The van der Waals surface area contributed by atoms with E-state index in [4.69, 9.17) is 0 Å². The van der Waals surface area contributed by atoms with Gasteiger partial charge in [-0.2, -0.15) is 0 Å². The summed E-state index contributed by atoms with van der Waals surface area (Å²) < 4.78 is 4.87. The molecule has 9 aromatic carbocycles. The van der Waals surface area contributed by atoms with E-state index in [0.29, 0.717) is 0 Å². The Balaban J connectivity index is 1.13. The van der Waals surface area contributed by atoms with Crippen molar-refractivity contribution in [2.75, 3.05) is 0 Å². The van der Waals surface area contributed by atoms with Crippen molar-refractivity contribution in [2.45, 2.75) is 31.6 Å². The number of aromatic nitrogens is 2. The highest BCUT2D eigenvalue weighted by Gasteiger charge is 2.38.